The van der Waals surface area contributed by atoms with Crippen LogP contribution >= 0.6 is 0 Å². The molecule has 0 unspecified atom stereocenters. The molecule has 70 valence electrons. The third-order valence-corrected chi connectivity index (χ3v) is 1.50. The first-order valence-electron chi connectivity index (χ1n) is 3.85. The Hall–Kier alpha value is -1.65. The van der Waals surface area contributed by atoms with E-state index < -0.39 is 11.7 Å². The molecule has 4 nitrogen and oxygen atoms in total. The molecular weight excluding hydrogens is 173 g/mol. The highest BCUT2D eigenvalue weighted by Crippen LogP contribution is 2.13. The van der Waals surface area contributed by atoms with Gasteiger partial charge in [-0.25, -0.2) is 9.37 Å². The van der Waals surface area contributed by atoms with Crippen LogP contribution in [0.3, 0.4) is 0 Å². The van der Waals surface area contributed by atoms with Crippen molar-refractivity contribution in [2.45, 2.75) is 6.92 Å². The molecule has 0 aliphatic heterocycles. The predicted molar refractivity (Wildman–Crippen MR) is 46.9 cm³/mol. The molecule has 1 aromatic heterocycles. The van der Waals surface area contributed by atoms with Gasteiger partial charge >= 0.3 is 0 Å². The van der Waals surface area contributed by atoms with Crippen LogP contribution in [0.25, 0.3) is 0 Å². The van der Waals surface area contributed by atoms with Gasteiger partial charge in [-0.15, -0.1) is 0 Å². The minimum absolute atomic E-state index is 0.0544. The summed E-state index contributed by atoms with van der Waals surface area (Å²) < 4.78 is 13.3. The van der Waals surface area contributed by atoms with Gasteiger partial charge in [0.05, 0.1) is 5.56 Å². The quantitative estimate of drug-likeness (QED) is 0.726. The van der Waals surface area contributed by atoms with Crippen LogP contribution in [0.5, 0.6) is 0 Å². The second-order valence-corrected chi connectivity index (χ2v) is 2.42. The molecule has 0 aliphatic rings. The number of pyridine rings is 1. The monoisotopic (exact) mass is 183 g/mol. The molecule has 13 heavy (non-hydrogen) atoms. The van der Waals surface area contributed by atoms with Crippen molar-refractivity contribution in [2.75, 3.05) is 11.9 Å². The number of hydrogen-bond acceptors (Lipinski definition) is 3. The van der Waals surface area contributed by atoms with Gasteiger partial charge in [0.2, 0.25) is 0 Å². The summed E-state index contributed by atoms with van der Waals surface area (Å²) in [5.41, 5.74) is 4.80. The van der Waals surface area contributed by atoms with Gasteiger partial charge in [-0.05, 0) is 13.0 Å². The van der Waals surface area contributed by atoms with Gasteiger partial charge in [0, 0.05) is 12.7 Å². The smallest absolute Gasteiger partial charge is 0.251 e. The van der Waals surface area contributed by atoms with E-state index in [0.717, 1.165) is 0 Å². The molecule has 1 aromatic rings. The molecule has 1 heterocycles. The molecule has 0 saturated heterocycles. The van der Waals surface area contributed by atoms with E-state index in [1.54, 1.807) is 6.92 Å². The van der Waals surface area contributed by atoms with Gasteiger partial charge in [-0.1, -0.05) is 0 Å². The summed E-state index contributed by atoms with van der Waals surface area (Å²) in [6, 6.07) is 1.25. The molecule has 0 aromatic carbocycles. The Bertz CT molecular complexity index is 327. The number of aromatic nitrogens is 1. The highest BCUT2D eigenvalue weighted by Gasteiger charge is 2.12. The maximum absolute atomic E-state index is 13.3. The van der Waals surface area contributed by atoms with Crippen LogP contribution in [0, 0.1) is 5.82 Å². The molecule has 0 spiro atoms. The van der Waals surface area contributed by atoms with E-state index in [4.69, 9.17) is 5.73 Å². The summed E-state index contributed by atoms with van der Waals surface area (Å²) in [7, 11) is 0. The lowest BCUT2D eigenvalue weighted by molar-refractivity contribution is 0.0996. The van der Waals surface area contributed by atoms with Crippen LogP contribution in [0.4, 0.5) is 10.2 Å². The molecule has 3 N–H and O–H groups in total. The summed E-state index contributed by atoms with van der Waals surface area (Å²) in [6.07, 6.45) is 1.33. The molecule has 1 amide bonds. The van der Waals surface area contributed by atoms with Crippen molar-refractivity contribution in [2.24, 2.45) is 5.73 Å². The van der Waals surface area contributed by atoms with Crippen LogP contribution < -0.4 is 11.1 Å². The number of carbonyl (C=O) groups is 1. The Labute approximate surface area is 75.0 Å². The van der Waals surface area contributed by atoms with Crippen molar-refractivity contribution in [3.05, 3.63) is 23.6 Å². The zero-order chi connectivity index (χ0) is 9.84. The predicted octanol–water partition coefficient (Wildman–Crippen LogP) is 0.751. The van der Waals surface area contributed by atoms with E-state index in [0.29, 0.717) is 6.54 Å². The molecule has 0 saturated carbocycles. The topological polar surface area (TPSA) is 68.0 Å². The molecule has 0 fully saturated rings. The number of amides is 1. The molecule has 1 rings (SSSR count). The SMILES string of the molecule is CCNc1nccc(C(N)=O)c1F. The first-order valence-corrected chi connectivity index (χ1v) is 3.85. The fourth-order valence-corrected chi connectivity index (χ4v) is 0.925. The molecular formula is C8H10FN3O. The molecule has 0 aliphatic carbocycles. The van der Waals surface area contributed by atoms with Gasteiger partial charge in [0.1, 0.15) is 0 Å². The number of rotatable bonds is 3. The summed E-state index contributed by atoms with van der Waals surface area (Å²) in [6.45, 7) is 2.34. The first kappa shape index (κ1) is 9.44. The Morgan fingerprint density at radius 3 is 3.00 bits per heavy atom. The van der Waals surface area contributed by atoms with Gasteiger partial charge in [-0.3, -0.25) is 4.79 Å². The maximum Gasteiger partial charge on any atom is 0.251 e. The third kappa shape index (κ3) is 1.93. The zero-order valence-corrected chi connectivity index (χ0v) is 7.17. The average Bonchev–Trinajstić information content (AvgIpc) is 2.08. The Morgan fingerprint density at radius 1 is 1.77 bits per heavy atom. The minimum atomic E-state index is -0.793. The summed E-state index contributed by atoms with van der Waals surface area (Å²) in [4.78, 5) is 14.4. The van der Waals surface area contributed by atoms with E-state index in [1.165, 1.54) is 12.3 Å². The number of nitrogens with zero attached hydrogens (tertiary/aromatic N) is 1. The van der Waals surface area contributed by atoms with E-state index in [1.807, 2.05) is 0 Å². The fraction of sp³-hybridized carbons (Fsp3) is 0.250. The number of nitrogens with two attached hydrogens (primary N) is 1. The maximum atomic E-state index is 13.3. The van der Waals surface area contributed by atoms with Crippen LogP contribution in [0.15, 0.2) is 12.3 Å². The molecule has 5 heteroatoms. The Morgan fingerprint density at radius 2 is 2.46 bits per heavy atom. The number of nitrogens with one attached hydrogen (secondary N) is 1. The summed E-state index contributed by atoms with van der Waals surface area (Å²) >= 11 is 0. The zero-order valence-electron chi connectivity index (χ0n) is 7.17. The van der Waals surface area contributed by atoms with E-state index >= 15 is 0 Å². The second-order valence-electron chi connectivity index (χ2n) is 2.42. The highest BCUT2D eigenvalue weighted by molar-refractivity contribution is 5.93. The second kappa shape index (κ2) is 3.84. The van der Waals surface area contributed by atoms with Crippen molar-refractivity contribution in [3.8, 4) is 0 Å². The standard InChI is InChI=1S/C8H10FN3O/c1-2-11-8-6(9)5(7(10)13)3-4-12-8/h3-4H,2H2,1H3,(H2,10,13)(H,11,12). The Balaban J connectivity index is 3.10. The summed E-state index contributed by atoms with van der Waals surface area (Å²) in [5, 5.41) is 2.68. The normalized spacial score (nSPS) is 9.69. The molecule has 0 bridgehead atoms. The first-order chi connectivity index (χ1) is 6.16. The lowest BCUT2D eigenvalue weighted by atomic mass is 10.2. The van der Waals surface area contributed by atoms with Crippen molar-refractivity contribution in [1.29, 1.82) is 0 Å². The highest BCUT2D eigenvalue weighted by atomic mass is 19.1. The third-order valence-electron chi connectivity index (χ3n) is 1.50. The fourth-order valence-electron chi connectivity index (χ4n) is 0.925. The van der Waals surface area contributed by atoms with Crippen molar-refractivity contribution in [3.63, 3.8) is 0 Å². The van der Waals surface area contributed by atoms with E-state index in [2.05, 4.69) is 10.3 Å². The van der Waals surface area contributed by atoms with Crippen LogP contribution in [0.1, 0.15) is 17.3 Å². The Kier molecular flexibility index (Phi) is 2.79. The van der Waals surface area contributed by atoms with Crippen LogP contribution in [-0.4, -0.2) is 17.4 Å². The van der Waals surface area contributed by atoms with Gasteiger partial charge in [-0.2, -0.15) is 0 Å². The number of carbonyl (C=O) groups excluding carboxylic acids is 1. The lowest BCUT2D eigenvalue weighted by Gasteiger charge is -2.04. The van der Waals surface area contributed by atoms with Crippen LogP contribution in [0.2, 0.25) is 0 Å². The summed E-state index contributed by atoms with van der Waals surface area (Å²) in [5.74, 6) is -1.44. The average molecular weight is 183 g/mol. The van der Waals surface area contributed by atoms with E-state index in [9.17, 15) is 9.18 Å². The van der Waals surface area contributed by atoms with E-state index in [-0.39, 0.29) is 11.4 Å². The molecule has 0 atom stereocenters. The molecule has 0 radical (unpaired) electrons. The number of hydrogen-bond donors (Lipinski definition) is 2. The van der Waals surface area contributed by atoms with Gasteiger partial charge in [0.25, 0.3) is 5.91 Å². The number of primary amides is 1. The van der Waals surface area contributed by atoms with Crippen molar-refractivity contribution in [1.82, 2.24) is 4.98 Å². The number of anilines is 1. The van der Waals surface area contributed by atoms with Gasteiger partial charge < -0.3 is 11.1 Å². The minimum Gasteiger partial charge on any atom is -0.368 e. The van der Waals surface area contributed by atoms with Crippen LogP contribution in [-0.2, 0) is 0 Å². The van der Waals surface area contributed by atoms with Crippen molar-refractivity contribution >= 4 is 11.7 Å². The number of halogens is 1. The lowest BCUT2D eigenvalue weighted by Crippen LogP contribution is -2.15. The largest absolute Gasteiger partial charge is 0.368 e. The van der Waals surface area contributed by atoms with Gasteiger partial charge in [0.15, 0.2) is 11.6 Å². The van der Waals surface area contributed by atoms with Crippen molar-refractivity contribution < 1.29 is 9.18 Å².